The second-order valence-corrected chi connectivity index (χ2v) is 21.8. The molecule has 0 bridgehead atoms. The summed E-state index contributed by atoms with van der Waals surface area (Å²) in [5.41, 5.74) is 20.9. The number of rotatable bonds is 3. The number of nitrogens with zero attached hydrogens (tertiary/aromatic N) is 3. The van der Waals surface area contributed by atoms with Gasteiger partial charge in [-0.3, -0.25) is 0 Å². The summed E-state index contributed by atoms with van der Waals surface area (Å²) in [6.45, 7) is 21.3. The van der Waals surface area contributed by atoms with Gasteiger partial charge in [0.2, 0.25) is 0 Å². The third kappa shape index (κ3) is 5.42. The van der Waals surface area contributed by atoms with E-state index in [0.29, 0.717) is 0 Å². The van der Waals surface area contributed by atoms with Gasteiger partial charge in [-0.15, -0.1) is 0 Å². The molecule has 5 heteroatoms. The van der Waals surface area contributed by atoms with Gasteiger partial charge in [0, 0.05) is 56.0 Å². The lowest BCUT2D eigenvalue weighted by atomic mass is 9.33. The van der Waals surface area contributed by atoms with E-state index >= 15 is 0 Å². The number of benzene rings is 7. The third-order valence-electron chi connectivity index (χ3n) is 15.9. The molecule has 4 heterocycles. The van der Waals surface area contributed by atoms with Crippen LogP contribution >= 0.6 is 0 Å². The Labute approximate surface area is 379 Å². The molecule has 4 aliphatic rings. The van der Waals surface area contributed by atoms with Crippen LogP contribution in [0.15, 0.2) is 144 Å². The first-order valence-corrected chi connectivity index (χ1v) is 23.6. The van der Waals surface area contributed by atoms with Gasteiger partial charge in [0.25, 0.3) is 6.71 Å². The zero-order valence-corrected chi connectivity index (χ0v) is 38.9. The van der Waals surface area contributed by atoms with E-state index in [1.54, 1.807) is 0 Å². The summed E-state index contributed by atoms with van der Waals surface area (Å²) in [5, 5.41) is 2.27. The van der Waals surface area contributed by atoms with Crippen LogP contribution in [0.3, 0.4) is 0 Å². The number of hydrogen-bond acceptors (Lipinski definition) is 4. The molecule has 8 aromatic rings. The number of para-hydroxylation sites is 3. The minimum absolute atomic E-state index is 0.00763. The topological polar surface area (TPSA) is 22.9 Å². The largest absolute Gasteiger partial charge is 0.454 e. The molecule has 0 saturated heterocycles. The van der Waals surface area contributed by atoms with Crippen molar-refractivity contribution in [3.8, 4) is 0 Å². The lowest BCUT2D eigenvalue weighted by Gasteiger charge is -2.50. The summed E-state index contributed by atoms with van der Waals surface area (Å²) in [4.78, 5) is 7.88. The van der Waals surface area contributed by atoms with Crippen molar-refractivity contribution in [1.82, 2.24) is 0 Å². The van der Waals surface area contributed by atoms with Gasteiger partial charge in [-0.05, 0) is 137 Å². The Bertz CT molecular complexity index is 3240. The lowest BCUT2D eigenvalue weighted by molar-refractivity contribution is 0.195. The molecule has 318 valence electrons. The van der Waals surface area contributed by atoms with E-state index in [1.165, 1.54) is 97.7 Å². The molecule has 0 radical (unpaired) electrons. The minimum atomic E-state index is -0.0475. The minimum Gasteiger partial charge on any atom is -0.454 e. The summed E-state index contributed by atoms with van der Waals surface area (Å²) in [6, 6.07) is 53.4. The maximum Gasteiger partial charge on any atom is 0.252 e. The fraction of sp³-hybridized carbons (Fsp3) is 0.288. The van der Waals surface area contributed by atoms with Crippen LogP contribution in [0.5, 0.6) is 0 Å². The van der Waals surface area contributed by atoms with Crippen molar-refractivity contribution in [2.45, 2.75) is 110 Å². The van der Waals surface area contributed by atoms with E-state index in [-0.39, 0.29) is 28.5 Å². The van der Waals surface area contributed by atoms with Gasteiger partial charge in [-0.1, -0.05) is 140 Å². The Kier molecular flexibility index (Phi) is 8.26. The van der Waals surface area contributed by atoms with Crippen molar-refractivity contribution in [2.24, 2.45) is 0 Å². The monoisotopic (exact) mass is 835 g/mol. The number of anilines is 8. The maximum absolute atomic E-state index is 6.87. The van der Waals surface area contributed by atoms with Crippen LogP contribution in [-0.2, 0) is 16.2 Å². The van der Waals surface area contributed by atoms with E-state index in [1.807, 2.05) is 0 Å². The van der Waals surface area contributed by atoms with Gasteiger partial charge in [-0.2, -0.15) is 0 Å². The van der Waals surface area contributed by atoms with E-state index in [4.69, 9.17) is 4.42 Å². The average molecular weight is 836 g/mol. The standard InChI is InChI=1S/C59H58BN3O/c1-37-32-51-54-52(33-37)62(48-24-17-21-43-42-20-10-13-25-53(42)64-55(43)48)49-35-39(57(5,6)7)26-28-45(49)60(54)46-29-27-41(36-50(46)61(51)40-19-16-18-38(34-40)56(2,3)4)63-47-23-12-11-22-44(47)58(8)30-14-15-31-59(58,63)9/h10-13,16-29,32-36H,14-15,30-31H2,1-9H3. The summed E-state index contributed by atoms with van der Waals surface area (Å²) in [6.07, 6.45) is 4.89. The quantitative estimate of drug-likeness (QED) is 0.165. The van der Waals surface area contributed by atoms with Crippen LogP contribution in [-0.4, -0.2) is 12.3 Å². The normalized spacial score (nSPS) is 20.0. The van der Waals surface area contributed by atoms with Crippen LogP contribution in [0.2, 0.25) is 0 Å². The molecular formula is C59H58BN3O. The van der Waals surface area contributed by atoms with E-state index in [2.05, 4.69) is 217 Å². The maximum atomic E-state index is 6.87. The lowest BCUT2D eigenvalue weighted by Crippen LogP contribution is -2.61. The molecule has 2 atom stereocenters. The SMILES string of the molecule is Cc1cc2c3c(c1)N(c1cccc4c1oc1ccccc14)c1cc(C(C)(C)C)ccc1B3c1ccc(N3c4ccccc4C4(C)CCCCC34C)cc1N2c1cccc(C(C)(C)C)c1. The molecule has 12 rings (SSSR count). The molecule has 7 aromatic carbocycles. The van der Waals surface area contributed by atoms with Crippen molar-refractivity contribution in [3.05, 3.63) is 162 Å². The highest BCUT2D eigenvalue weighted by Gasteiger charge is 2.58. The highest BCUT2D eigenvalue weighted by Crippen LogP contribution is 2.61. The molecular weight excluding hydrogens is 777 g/mol. The van der Waals surface area contributed by atoms with E-state index in [0.717, 1.165) is 34.0 Å². The summed E-state index contributed by atoms with van der Waals surface area (Å²) in [5.74, 6) is 0. The van der Waals surface area contributed by atoms with Crippen molar-refractivity contribution >= 4 is 90.5 Å². The van der Waals surface area contributed by atoms with Crippen LogP contribution < -0.4 is 31.1 Å². The zero-order valence-electron chi connectivity index (χ0n) is 38.9. The van der Waals surface area contributed by atoms with Crippen molar-refractivity contribution in [2.75, 3.05) is 14.7 Å². The molecule has 1 saturated carbocycles. The van der Waals surface area contributed by atoms with Crippen LogP contribution in [0.1, 0.15) is 103 Å². The second kappa shape index (κ2) is 13.4. The van der Waals surface area contributed by atoms with Crippen molar-refractivity contribution in [1.29, 1.82) is 0 Å². The first-order valence-electron chi connectivity index (χ1n) is 23.6. The Morgan fingerprint density at radius 3 is 1.97 bits per heavy atom. The molecule has 2 unspecified atom stereocenters. The van der Waals surface area contributed by atoms with Gasteiger partial charge in [0.15, 0.2) is 5.58 Å². The van der Waals surface area contributed by atoms with Crippen molar-refractivity contribution < 1.29 is 4.42 Å². The summed E-state index contributed by atoms with van der Waals surface area (Å²) < 4.78 is 6.87. The van der Waals surface area contributed by atoms with Crippen LogP contribution in [0.25, 0.3) is 21.9 Å². The van der Waals surface area contributed by atoms with E-state index < -0.39 is 0 Å². The molecule has 3 aliphatic heterocycles. The van der Waals surface area contributed by atoms with Crippen molar-refractivity contribution in [3.63, 3.8) is 0 Å². The number of furan rings is 1. The molecule has 4 nitrogen and oxygen atoms in total. The molecule has 1 aromatic heterocycles. The highest BCUT2D eigenvalue weighted by atomic mass is 16.3. The predicted molar refractivity (Wildman–Crippen MR) is 273 cm³/mol. The third-order valence-corrected chi connectivity index (χ3v) is 15.9. The first kappa shape index (κ1) is 39.4. The summed E-state index contributed by atoms with van der Waals surface area (Å²) in [7, 11) is 0. The number of aryl methyl sites for hydroxylation is 1. The Hall–Kier alpha value is -6.20. The van der Waals surface area contributed by atoms with Gasteiger partial charge in [-0.25, -0.2) is 0 Å². The first-order chi connectivity index (χ1) is 30.7. The predicted octanol–water partition coefficient (Wildman–Crippen LogP) is 14.3. The summed E-state index contributed by atoms with van der Waals surface area (Å²) >= 11 is 0. The molecule has 0 amide bonds. The van der Waals surface area contributed by atoms with E-state index in [9.17, 15) is 0 Å². The molecule has 1 fully saturated rings. The fourth-order valence-corrected chi connectivity index (χ4v) is 12.4. The Morgan fingerprint density at radius 1 is 0.531 bits per heavy atom. The van der Waals surface area contributed by atoms with Crippen LogP contribution in [0.4, 0.5) is 45.5 Å². The van der Waals surface area contributed by atoms with Crippen LogP contribution in [0, 0.1) is 6.92 Å². The highest BCUT2D eigenvalue weighted by molar-refractivity contribution is 7.00. The average Bonchev–Trinajstić information content (AvgIpc) is 3.75. The second-order valence-electron chi connectivity index (χ2n) is 21.8. The van der Waals surface area contributed by atoms with Gasteiger partial charge < -0.3 is 19.1 Å². The smallest absolute Gasteiger partial charge is 0.252 e. The van der Waals surface area contributed by atoms with Gasteiger partial charge in [0.05, 0.1) is 11.2 Å². The number of hydrogen-bond donors (Lipinski definition) is 0. The van der Waals surface area contributed by atoms with Gasteiger partial charge >= 0.3 is 0 Å². The molecule has 1 aliphatic carbocycles. The molecule has 64 heavy (non-hydrogen) atoms. The molecule has 0 spiro atoms. The fourth-order valence-electron chi connectivity index (χ4n) is 12.4. The van der Waals surface area contributed by atoms with Gasteiger partial charge in [0.1, 0.15) is 5.58 Å². The Morgan fingerprint density at radius 2 is 1.17 bits per heavy atom. The molecule has 0 N–H and O–H groups in total. The Balaban J connectivity index is 1.16. The number of fused-ring (bicyclic) bond motifs is 10. The zero-order chi connectivity index (χ0) is 44.1.